The minimum absolute atomic E-state index is 0.0621. The van der Waals surface area contributed by atoms with Gasteiger partial charge in [-0.15, -0.1) is 0 Å². The van der Waals surface area contributed by atoms with Crippen LogP contribution in [-0.2, 0) is 14.2 Å². The molecule has 0 saturated heterocycles. The number of aliphatic hydroxyl groups is 1. The van der Waals surface area contributed by atoms with Crippen LogP contribution in [0.1, 0.15) is 297 Å². The van der Waals surface area contributed by atoms with Gasteiger partial charge in [-0.2, -0.15) is 0 Å². The van der Waals surface area contributed by atoms with Gasteiger partial charge in [-0.3, -0.25) is 0 Å². The van der Waals surface area contributed by atoms with Crippen LogP contribution in [-0.4, -0.2) is 49.8 Å². The van der Waals surface area contributed by atoms with Crippen LogP contribution < -0.4 is 0 Å². The average molecular weight is 809 g/mol. The van der Waals surface area contributed by atoms with Crippen molar-refractivity contribution in [3.05, 3.63) is 0 Å². The third-order valence-corrected chi connectivity index (χ3v) is 12.4. The summed E-state index contributed by atoms with van der Waals surface area (Å²) in [5.41, 5.74) is 0. The van der Waals surface area contributed by atoms with E-state index in [1.165, 1.54) is 244 Å². The molecule has 0 aliphatic rings. The summed E-state index contributed by atoms with van der Waals surface area (Å²) in [6.07, 6.45) is 56.5. The Bertz CT molecular complexity index is 658. The minimum Gasteiger partial charge on any atom is -0.391 e. The van der Waals surface area contributed by atoms with Crippen molar-refractivity contribution in [1.29, 1.82) is 0 Å². The lowest BCUT2D eigenvalue weighted by Crippen LogP contribution is -2.28. The van der Waals surface area contributed by atoms with Gasteiger partial charge < -0.3 is 19.3 Å². The summed E-state index contributed by atoms with van der Waals surface area (Å²) in [6.45, 7) is 11.6. The van der Waals surface area contributed by atoms with E-state index in [0.717, 1.165) is 32.3 Å². The SMILES string of the molecule is CCCCCCCCCCCCCCCCC(O)COC(CCCCCCCCCCCCCCCC)COC(C)COCCCCCCCCCCCCCC. The van der Waals surface area contributed by atoms with Crippen molar-refractivity contribution < 1.29 is 19.3 Å². The molecule has 0 radical (unpaired) electrons. The second-order valence-electron chi connectivity index (χ2n) is 18.5. The molecule has 344 valence electrons. The van der Waals surface area contributed by atoms with Crippen LogP contribution in [0.4, 0.5) is 0 Å². The normalized spacial score (nSPS) is 13.4. The molecule has 0 amide bonds. The number of hydrogen-bond acceptors (Lipinski definition) is 4. The van der Waals surface area contributed by atoms with E-state index in [4.69, 9.17) is 14.2 Å². The summed E-state index contributed by atoms with van der Waals surface area (Å²) < 4.78 is 18.6. The molecule has 3 unspecified atom stereocenters. The van der Waals surface area contributed by atoms with Gasteiger partial charge in [0.1, 0.15) is 0 Å². The highest BCUT2D eigenvalue weighted by atomic mass is 16.6. The fourth-order valence-corrected chi connectivity index (χ4v) is 8.30. The zero-order valence-electron chi connectivity index (χ0n) is 39.9. The Morgan fingerprint density at radius 3 is 0.965 bits per heavy atom. The molecular formula is C53H108O4. The molecule has 0 heterocycles. The summed E-state index contributed by atoms with van der Waals surface area (Å²) in [5.74, 6) is 0. The number of unbranched alkanes of at least 4 members (excludes halogenated alkanes) is 37. The molecule has 3 atom stereocenters. The summed E-state index contributed by atoms with van der Waals surface area (Å²) >= 11 is 0. The van der Waals surface area contributed by atoms with Gasteiger partial charge in [-0.25, -0.2) is 0 Å². The lowest BCUT2D eigenvalue weighted by molar-refractivity contribution is -0.0819. The van der Waals surface area contributed by atoms with E-state index in [2.05, 4.69) is 27.7 Å². The number of ether oxygens (including phenoxy) is 3. The Morgan fingerprint density at radius 1 is 0.316 bits per heavy atom. The van der Waals surface area contributed by atoms with E-state index in [0.29, 0.717) is 19.8 Å². The van der Waals surface area contributed by atoms with Crippen LogP contribution in [0, 0.1) is 0 Å². The number of hydrogen-bond donors (Lipinski definition) is 1. The Hall–Kier alpha value is -0.160. The van der Waals surface area contributed by atoms with Gasteiger partial charge in [-0.05, 0) is 26.2 Å². The van der Waals surface area contributed by atoms with Gasteiger partial charge >= 0.3 is 0 Å². The molecule has 57 heavy (non-hydrogen) atoms. The van der Waals surface area contributed by atoms with Crippen molar-refractivity contribution >= 4 is 0 Å². The molecule has 4 nitrogen and oxygen atoms in total. The van der Waals surface area contributed by atoms with Crippen molar-refractivity contribution in [2.45, 2.75) is 316 Å². The zero-order valence-corrected chi connectivity index (χ0v) is 39.9. The van der Waals surface area contributed by atoms with Gasteiger partial charge in [0, 0.05) is 6.61 Å². The first-order valence-electron chi connectivity index (χ1n) is 26.6. The fraction of sp³-hybridized carbons (Fsp3) is 1.00. The van der Waals surface area contributed by atoms with Gasteiger partial charge in [0.25, 0.3) is 0 Å². The topological polar surface area (TPSA) is 47.9 Å². The molecule has 0 aromatic heterocycles. The summed E-state index contributed by atoms with van der Waals surface area (Å²) in [6, 6.07) is 0. The van der Waals surface area contributed by atoms with Gasteiger partial charge in [0.15, 0.2) is 0 Å². The van der Waals surface area contributed by atoms with Crippen molar-refractivity contribution in [2.24, 2.45) is 0 Å². The summed E-state index contributed by atoms with van der Waals surface area (Å²) in [4.78, 5) is 0. The molecule has 1 N–H and O–H groups in total. The van der Waals surface area contributed by atoms with Gasteiger partial charge in [-0.1, -0.05) is 271 Å². The quantitative estimate of drug-likeness (QED) is 0.0622. The lowest BCUT2D eigenvalue weighted by atomic mass is 10.0. The third-order valence-electron chi connectivity index (χ3n) is 12.4. The summed E-state index contributed by atoms with van der Waals surface area (Å²) in [7, 11) is 0. The molecule has 0 saturated carbocycles. The lowest BCUT2D eigenvalue weighted by Gasteiger charge is -2.22. The van der Waals surface area contributed by atoms with Crippen LogP contribution in [0.5, 0.6) is 0 Å². The molecular weight excluding hydrogens is 701 g/mol. The van der Waals surface area contributed by atoms with Crippen molar-refractivity contribution in [1.82, 2.24) is 0 Å². The highest BCUT2D eigenvalue weighted by Gasteiger charge is 2.15. The first-order chi connectivity index (χ1) is 28.1. The maximum absolute atomic E-state index is 10.8. The van der Waals surface area contributed by atoms with Crippen molar-refractivity contribution in [3.63, 3.8) is 0 Å². The molecule has 0 bridgehead atoms. The molecule has 4 heteroatoms. The van der Waals surface area contributed by atoms with E-state index in [1.54, 1.807) is 0 Å². The molecule has 0 aliphatic carbocycles. The molecule has 0 rings (SSSR count). The average Bonchev–Trinajstić information content (AvgIpc) is 3.21. The summed E-state index contributed by atoms with van der Waals surface area (Å²) in [5, 5.41) is 10.8. The van der Waals surface area contributed by atoms with Crippen LogP contribution in [0.15, 0.2) is 0 Å². The Morgan fingerprint density at radius 2 is 0.614 bits per heavy atom. The van der Waals surface area contributed by atoms with Crippen molar-refractivity contribution in [2.75, 3.05) is 26.4 Å². The van der Waals surface area contributed by atoms with Crippen LogP contribution in [0.3, 0.4) is 0 Å². The largest absolute Gasteiger partial charge is 0.391 e. The second-order valence-corrected chi connectivity index (χ2v) is 18.5. The first kappa shape index (κ1) is 56.8. The maximum atomic E-state index is 10.8. The molecule has 0 aromatic rings. The van der Waals surface area contributed by atoms with E-state index < -0.39 is 0 Å². The van der Waals surface area contributed by atoms with Crippen LogP contribution in [0.2, 0.25) is 0 Å². The molecule has 0 spiro atoms. The Labute approximate surface area is 360 Å². The van der Waals surface area contributed by atoms with Crippen LogP contribution >= 0.6 is 0 Å². The highest BCUT2D eigenvalue weighted by molar-refractivity contribution is 4.64. The smallest absolute Gasteiger partial charge is 0.0810 e. The van der Waals surface area contributed by atoms with E-state index in [1.807, 2.05) is 0 Å². The Kier molecular flexibility index (Phi) is 50.1. The fourth-order valence-electron chi connectivity index (χ4n) is 8.30. The Balaban J connectivity index is 4.16. The number of aliphatic hydroxyl groups excluding tert-OH is 1. The zero-order chi connectivity index (χ0) is 41.4. The van der Waals surface area contributed by atoms with Gasteiger partial charge in [0.2, 0.25) is 0 Å². The van der Waals surface area contributed by atoms with Crippen molar-refractivity contribution in [3.8, 4) is 0 Å². The maximum Gasteiger partial charge on any atom is 0.0810 e. The van der Waals surface area contributed by atoms with Crippen LogP contribution in [0.25, 0.3) is 0 Å². The van der Waals surface area contributed by atoms with Gasteiger partial charge in [0.05, 0.1) is 38.1 Å². The molecule has 0 aromatic carbocycles. The first-order valence-corrected chi connectivity index (χ1v) is 26.6. The predicted octanol–water partition coefficient (Wildman–Crippen LogP) is 17.6. The second kappa shape index (κ2) is 50.2. The number of rotatable bonds is 51. The van der Waals surface area contributed by atoms with E-state index in [-0.39, 0.29) is 18.3 Å². The molecule has 0 aliphatic heterocycles. The minimum atomic E-state index is -0.363. The third kappa shape index (κ3) is 48.4. The molecule has 0 fully saturated rings. The monoisotopic (exact) mass is 809 g/mol. The highest BCUT2D eigenvalue weighted by Crippen LogP contribution is 2.18. The van der Waals surface area contributed by atoms with E-state index >= 15 is 0 Å². The standard InChI is InChI=1S/C53H108O4/c1-5-8-11-14-17-20-23-26-28-30-33-36-39-42-45-52(54)49-57-53(46-43-40-37-34-31-29-27-24-21-18-15-12-9-6-2)50-56-51(4)48-55-47-44-41-38-35-32-25-22-19-16-13-10-7-3/h51-54H,5-50H2,1-4H3. The predicted molar refractivity (Wildman–Crippen MR) is 253 cm³/mol. The van der Waals surface area contributed by atoms with E-state index in [9.17, 15) is 5.11 Å².